The zero-order chi connectivity index (χ0) is 7.33. The first kappa shape index (κ1) is 12.8. The Hall–Kier alpha value is 0.140. The number of hydrogen-bond donors (Lipinski definition) is 1. The van der Waals surface area contributed by atoms with E-state index in [1.54, 1.807) is 0 Å². The van der Waals surface area contributed by atoms with Gasteiger partial charge in [0.15, 0.2) is 0 Å². The van der Waals surface area contributed by atoms with Gasteiger partial charge in [0.05, 0.1) is 27.2 Å². The van der Waals surface area contributed by atoms with Crippen molar-refractivity contribution >= 4 is 0 Å². The number of aliphatic hydroxyl groups excluding tert-OH is 1. The van der Waals surface area contributed by atoms with Gasteiger partial charge in [0.2, 0.25) is 0 Å². The highest BCUT2D eigenvalue weighted by Gasteiger charge is 2.09. The predicted octanol–water partition coefficient (Wildman–Crippen LogP) is -2.75. The fraction of sp³-hybridized carbons (Fsp3) is 0.714. The van der Waals surface area contributed by atoms with Crippen molar-refractivity contribution in [1.29, 1.82) is 0 Å². The molecule has 0 unspecified atom stereocenters. The van der Waals surface area contributed by atoms with Crippen LogP contribution >= 0.6 is 0 Å². The second-order valence-electron chi connectivity index (χ2n) is 2.85. The lowest BCUT2D eigenvalue weighted by atomic mass is 10.4. The number of nitrogens with zero attached hydrogens (tertiary/aromatic N) is 1. The maximum Gasteiger partial charge on any atom is 0.102 e. The highest BCUT2D eigenvalue weighted by atomic mass is 79.9. The molecule has 0 heterocycles. The van der Waals surface area contributed by atoms with E-state index < -0.39 is 0 Å². The van der Waals surface area contributed by atoms with Crippen LogP contribution in [0.1, 0.15) is 0 Å². The molecule has 0 aromatic heterocycles. The minimum atomic E-state index is 0. The molecule has 0 bridgehead atoms. The summed E-state index contributed by atoms with van der Waals surface area (Å²) in [7, 11) is 4.13. The monoisotopic (exact) mass is 209 g/mol. The van der Waals surface area contributed by atoms with Gasteiger partial charge in [-0.1, -0.05) is 6.58 Å². The summed E-state index contributed by atoms with van der Waals surface area (Å²) in [4.78, 5) is 0. The smallest absolute Gasteiger partial charge is 0.102 e. The Balaban J connectivity index is 0. The summed E-state index contributed by atoms with van der Waals surface area (Å²) in [5, 5.41) is 8.58. The first-order chi connectivity index (χ1) is 4.12. The highest BCUT2D eigenvalue weighted by Crippen LogP contribution is 1.93. The molecule has 0 aliphatic heterocycles. The molecule has 0 rings (SSSR count). The molecule has 62 valence electrons. The lowest BCUT2D eigenvalue weighted by Crippen LogP contribution is -3.00. The predicted molar refractivity (Wildman–Crippen MR) is 39.1 cm³/mol. The number of rotatable bonds is 4. The average Bonchev–Trinajstić information content (AvgIpc) is 1.64. The topological polar surface area (TPSA) is 20.2 Å². The van der Waals surface area contributed by atoms with E-state index >= 15 is 0 Å². The third-order valence-electron chi connectivity index (χ3n) is 1.33. The summed E-state index contributed by atoms with van der Waals surface area (Å²) in [5.41, 5.74) is 0. The van der Waals surface area contributed by atoms with Crippen molar-refractivity contribution in [3.8, 4) is 0 Å². The van der Waals surface area contributed by atoms with Crippen LogP contribution in [0.25, 0.3) is 0 Å². The maximum absolute atomic E-state index is 8.58. The Labute approximate surface area is 73.5 Å². The number of likely N-dealkylation sites (N-methyl/N-ethyl adjacent to an activating group) is 1. The quantitative estimate of drug-likeness (QED) is 0.394. The highest BCUT2D eigenvalue weighted by molar-refractivity contribution is 4.64. The van der Waals surface area contributed by atoms with Crippen LogP contribution in [0.15, 0.2) is 12.7 Å². The van der Waals surface area contributed by atoms with Crippen LogP contribution in [0.3, 0.4) is 0 Å². The van der Waals surface area contributed by atoms with Gasteiger partial charge in [0.25, 0.3) is 0 Å². The third kappa shape index (κ3) is 6.26. The van der Waals surface area contributed by atoms with Gasteiger partial charge in [-0.25, -0.2) is 0 Å². The summed E-state index contributed by atoms with van der Waals surface area (Å²) >= 11 is 0. The van der Waals surface area contributed by atoms with Crippen LogP contribution < -0.4 is 17.0 Å². The fourth-order valence-corrected chi connectivity index (χ4v) is 0.711. The maximum atomic E-state index is 8.58. The van der Waals surface area contributed by atoms with E-state index in [0.29, 0.717) is 0 Å². The number of hydrogen-bond acceptors (Lipinski definition) is 1. The van der Waals surface area contributed by atoms with E-state index in [9.17, 15) is 0 Å². The largest absolute Gasteiger partial charge is 1.00 e. The molecule has 0 radical (unpaired) electrons. The van der Waals surface area contributed by atoms with Crippen molar-refractivity contribution in [2.24, 2.45) is 0 Å². The molecule has 0 fully saturated rings. The van der Waals surface area contributed by atoms with Crippen molar-refractivity contribution in [1.82, 2.24) is 0 Å². The first-order valence-corrected chi connectivity index (χ1v) is 3.16. The van der Waals surface area contributed by atoms with E-state index in [0.717, 1.165) is 17.6 Å². The number of aliphatic hydroxyl groups is 1. The van der Waals surface area contributed by atoms with Gasteiger partial charge in [-0.05, 0) is 6.08 Å². The average molecular weight is 210 g/mol. The zero-order valence-electron chi connectivity index (χ0n) is 6.68. The molecule has 0 saturated heterocycles. The van der Waals surface area contributed by atoms with Crippen LogP contribution in [0.5, 0.6) is 0 Å². The summed E-state index contributed by atoms with van der Waals surface area (Å²) < 4.78 is 0.819. The molecule has 2 nitrogen and oxygen atoms in total. The zero-order valence-corrected chi connectivity index (χ0v) is 8.26. The molecule has 0 spiro atoms. The van der Waals surface area contributed by atoms with Crippen molar-refractivity contribution in [3.63, 3.8) is 0 Å². The molecule has 0 aromatic rings. The molecular weight excluding hydrogens is 194 g/mol. The summed E-state index contributed by atoms with van der Waals surface area (Å²) in [6.45, 7) is 5.60. The van der Waals surface area contributed by atoms with Crippen molar-refractivity contribution in [2.45, 2.75) is 0 Å². The summed E-state index contributed by atoms with van der Waals surface area (Å²) in [6, 6.07) is 0. The Kier molecular flexibility index (Phi) is 7.53. The van der Waals surface area contributed by atoms with Gasteiger partial charge < -0.3 is 26.6 Å². The van der Waals surface area contributed by atoms with Crippen LogP contribution in [0, 0.1) is 0 Å². The lowest BCUT2D eigenvalue weighted by molar-refractivity contribution is -0.884. The van der Waals surface area contributed by atoms with Crippen LogP contribution in [-0.4, -0.2) is 43.4 Å². The van der Waals surface area contributed by atoms with Gasteiger partial charge in [-0.15, -0.1) is 0 Å². The van der Waals surface area contributed by atoms with Gasteiger partial charge in [-0.2, -0.15) is 0 Å². The Morgan fingerprint density at radius 3 is 2.30 bits per heavy atom. The van der Waals surface area contributed by atoms with Gasteiger partial charge in [-0.3, -0.25) is 0 Å². The molecule has 1 N–H and O–H groups in total. The molecule has 0 aliphatic carbocycles. The van der Waals surface area contributed by atoms with E-state index in [1.807, 2.05) is 6.08 Å². The summed E-state index contributed by atoms with van der Waals surface area (Å²) in [6.07, 6.45) is 1.87. The number of quaternary nitrogens is 1. The van der Waals surface area contributed by atoms with E-state index in [2.05, 4.69) is 20.7 Å². The molecule has 10 heavy (non-hydrogen) atoms. The Bertz CT molecular complexity index is 93.6. The molecule has 0 saturated carbocycles. The Morgan fingerprint density at radius 1 is 1.50 bits per heavy atom. The molecule has 0 aromatic carbocycles. The van der Waals surface area contributed by atoms with Gasteiger partial charge >= 0.3 is 0 Å². The third-order valence-corrected chi connectivity index (χ3v) is 1.33. The van der Waals surface area contributed by atoms with E-state index in [-0.39, 0.29) is 23.6 Å². The summed E-state index contributed by atoms with van der Waals surface area (Å²) in [5.74, 6) is 0. The second-order valence-corrected chi connectivity index (χ2v) is 2.85. The minimum absolute atomic E-state index is 0. The normalized spacial score (nSPS) is 10.3. The molecule has 0 amide bonds. The van der Waals surface area contributed by atoms with Gasteiger partial charge in [0.1, 0.15) is 6.54 Å². The van der Waals surface area contributed by atoms with Crippen LogP contribution in [0.2, 0.25) is 0 Å². The van der Waals surface area contributed by atoms with Crippen molar-refractivity contribution < 1.29 is 26.6 Å². The first-order valence-electron chi connectivity index (χ1n) is 3.16. The standard InChI is InChI=1S/C7H16NO.BrH/c1-4-5-8(2,3)6-7-9;/h4,9H,1,5-7H2,2-3H3;1H/q+1;/p-1. The fourth-order valence-electron chi connectivity index (χ4n) is 0.711. The minimum Gasteiger partial charge on any atom is -1.00 e. The van der Waals surface area contributed by atoms with Crippen LogP contribution in [0.4, 0.5) is 0 Å². The lowest BCUT2D eigenvalue weighted by Gasteiger charge is -2.26. The van der Waals surface area contributed by atoms with Crippen LogP contribution in [-0.2, 0) is 0 Å². The van der Waals surface area contributed by atoms with E-state index in [1.165, 1.54) is 0 Å². The molecular formula is C7H16BrNO. The van der Waals surface area contributed by atoms with Crippen molar-refractivity contribution in [2.75, 3.05) is 33.8 Å². The second kappa shape index (κ2) is 5.89. The SMILES string of the molecule is C=CC[N+](C)(C)CCO.[Br-]. The van der Waals surface area contributed by atoms with Crippen molar-refractivity contribution in [3.05, 3.63) is 12.7 Å². The van der Waals surface area contributed by atoms with E-state index in [4.69, 9.17) is 5.11 Å². The van der Waals surface area contributed by atoms with Gasteiger partial charge in [0, 0.05) is 0 Å². The number of halogens is 1. The molecule has 0 atom stereocenters. The Morgan fingerprint density at radius 2 is 2.00 bits per heavy atom. The molecule has 3 heteroatoms. The molecule has 0 aliphatic rings.